The number of rotatable bonds is 9. The average molecular weight is 395 g/mol. The van der Waals surface area contributed by atoms with E-state index in [4.69, 9.17) is 21.1 Å². The Hall–Kier alpha value is -1.43. The van der Waals surface area contributed by atoms with Gasteiger partial charge in [-0.05, 0) is 62.4 Å². The van der Waals surface area contributed by atoms with E-state index in [2.05, 4.69) is 5.32 Å². The number of aliphatic hydroxyl groups is 1. The molecule has 0 bridgehead atoms. The van der Waals surface area contributed by atoms with Gasteiger partial charge in [-0.3, -0.25) is 0 Å². The van der Waals surface area contributed by atoms with Gasteiger partial charge < -0.3 is 24.6 Å². The maximum atomic E-state index is 11.0. The second kappa shape index (κ2) is 9.49. The topological polar surface area (TPSA) is 71.0 Å². The first-order valence-corrected chi connectivity index (χ1v) is 11.3. The molecule has 0 aliphatic rings. The Morgan fingerprint density at radius 2 is 1.69 bits per heavy atom. The van der Waals surface area contributed by atoms with E-state index in [-0.39, 0.29) is 0 Å². The van der Waals surface area contributed by atoms with Crippen LogP contribution in [-0.4, -0.2) is 28.8 Å². The van der Waals surface area contributed by atoms with Crippen molar-refractivity contribution in [3.8, 4) is 5.75 Å². The van der Waals surface area contributed by atoms with Crippen LogP contribution in [0, 0.1) is 0 Å². The fraction of sp³-hybridized carbons (Fsp3) is 0.368. The number of aliphatic hydroxyl groups excluding tert-OH is 1. The van der Waals surface area contributed by atoms with Crippen LogP contribution in [-0.2, 0) is 16.3 Å². The smallest absolute Gasteiger partial charge is 0.213 e. The van der Waals surface area contributed by atoms with E-state index in [1.807, 2.05) is 61.5 Å². The van der Waals surface area contributed by atoms with Crippen LogP contribution in [0.3, 0.4) is 0 Å². The zero-order valence-electron chi connectivity index (χ0n) is 15.2. The minimum atomic E-state index is -3.31. The van der Waals surface area contributed by atoms with Crippen molar-refractivity contribution in [3.05, 3.63) is 60.2 Å². The van der Waals surface area contributed by atoms with Gasteiger partial charge >= 0.3 is 0 Å². The van der Waals surface area contributed by atoms with Crippen molar-refractivity contribution in [2.24, 2.45) is 0 Å². The number of hydrogen-bond donors (Lipinski definition) is 3. The number of anilines is 1. The van der Waals surface area contributed by atoms with Crippen molar-refractivity contribution in [2.45, 2.75) is 38.8 Å². The van der Waals surface area contributed by atoms with Crippen molar-refractivity contribution in [2.75, 3.05) is 11.9 Å². The summed E-state index contributed by atoms with van der Waals surface area (Å²) in [5.41, 5.74) is 1.61. The zero-order chi connectivity index (χ0) is 19.2. The number of ether oxygens (including phenoxy) is 1. The van der Waals surface area contributed by atoms with Gasteiger partial charge in [0.25, 0.3) is 0 Å². The molecule has 0 aliphatic heterocycles. The Morgan fingerprint density at radius 3 is 2.23 bits per heavy atom. The molecule has 26 heavy (non-hydrogen) atoms. The van der Waals surface area contributed by atoms with Gasteiger partial charge in [-0.2, -0.15) is 0 Å². The predicted molar refractivity (Wildman–Crippen MR) is 109 cm³/mol. The Kier molecular flexibility index (Phi) is 7.62. The van der Waals surface area contributed by atoms with Crippen molar-refractivity contribution in [1.29, 1.82) is 0 Å². The highest BCUT2D eigenvalue weighted by molar-refractivity contribution is 8.09. The maximum Gasteiger partial charge on any atom is 0.213 e. The lowest BCUT2D eigenvalue weighted by molar-refractivity contribution is 0.0599. The van der Waals surface area contributed by atoms with Gasteiger partial charge in [0.1, 0.15) is 11.5 Å². The molecule has 0 radical (unpaired) electrons. The van der Waals surface area contributed by atoms with Gasteiger partial charge in [0.2, 0.25) is 6.49 Å². The first-order valence-electron chi connectivity index (χ1n) is 8.56. The summed E-state index contributed by atoms with van der Waals surface area (Å²) in [7, 11) is 0. The Labute approximate surface area is 160 Å². The summed E-state index contributed by atoms with van der Waals surface area (Å²) in [4.78, 5) is 11.0. The fourth-order valence-electron chi connectivity index (χ4n) is 2.35. The summed E-state index contributed by atoms with van der Waals surface area (Å²) in [6, 6.07) is 16.9. The first kappa shape index (κ1) is 20.9. The van der Waals surface area contributed by atoms with E-state index in [9.17, 15) is 10.00 Å². The zero-order valence-corrected chi connectivity index (χ0v) is 16.9. The van der Waals surface area contributed by atoms with Crippen LogP contribution in [0.5, 0.6) is 5.75 Å². The van der Waals surface area contributed by atoms with Crippen molar-refractivity contribution in [3.63, 3.8) is 0 Å². The molecule has 0 saturated heterocycles. The van der Waals surface area contributed by atoms with Crippen LogP contribution < -0.4 is 10.1 Å². The minimum Gasteiger partial charge on any atom is -0.494 e. The second-order valence-electron chi connectivity index (χ2n) is 6.03. The number of nitrogens with one attached hydrogen (secondary N) is 1. The maximum absolute atomic E-state index is 11.0. The minimum absolute atomic E-state index is 0.575. The molecule has 0 aromatic heterocycles. The van der Waals surface area contributed by atoms with Crippen LogP contribution in [0.1, 0.15) is 32.1 Å². The molecule has 0 fully saturated rings. The lowest BCUT2D eigenvalue weighted by atomic mass is 10.2. The third-order valence-corrected chi connectivity index (χ3v) is 6.51. The van der Waals surface area contributed by atoms with E-state index in [0.717, 1.165) is 17.0 Å². The molecule has 0 spiro atoms. The highest BCUT2D eigenvalue weighted by Crippen LogP contribution is 2.57. The van der Waals surface area contributed by atoms with Crippen molar-refractivity contribution in [1.82, 2.24) is 0 Å². The lowest BCUT2D eigenvalue weighted by Crippen LogP contribution is -2.24. The van der Waals surface area contributed by atoms with Gasteiger partial charge in [0.05, 0.1) is 18.8 Å². The molecular weight excluding hydrogens is 369 g/mol. The van der Waals surface area contributed by atoms with Crippen LogP contribution in [0.15, 0.2) is 54.6 Å². The van der Waals surface area contributed by atoms with E-state index in [1.54, 1.807) is 13.8 Å². The normalized spacial score (nSPS) is 17.0. The Bertz CT molecular complexity index is 724. The molecule has 5 nitrogen and oxygen atoms in total. The lowest BCUT2D eigenvalue weighted by Gasteiger charge is -2.31. The summed E-state index contributed by atoms with van der Waals surface area (Å²) in [6.45, 7) is 2.50. The standard InChI is InChI=1S/C19H26NO4PS/c1-4-23-18-12-10-16(11-13-18)19(20-17-8-6-5-7-9-17)25(22,26)24-15(3)14(2)21/h5-15,19-21H,4H2,1-3H3,(H,22,26)/t14-,15+,19+,25?/m1/s1. The molecule has 2 aromatic rings. The molecule has 0 amide bonds. The van der Waals surface area contributed by atoms with E-state index in [1.165, 1.54) is 0 Å². The van der Waals surface area contributed by atoms with E-state index < -0.39 is 24.5 Å². The van der Waals surface area contributed by atoms with Crippen LogP contribution >= 0.6 is 6.49 Å². The van der Waals surface area contributed by atoms with Gasteiger partial charge in [0.15, 0.2) is 0 Å². The van der Waals surface area contributed by atoms with Gasteiger partial charge in [-0.25, -0.2) is 0 Å². The highest BCUT2D eigenvalue weighted by Gasteiger charge is 2.32. The molecule has 142 valence electrons. The summed E-state index contributed by atoms with van der Waals surface area (Å²) >= 11 is 5.47. The molecule has 3 N–H and O–H groups in total. The van der Waals surface area contributed by atoms with Gasteiger partial charge in [-0.1, -0.05) is 30.3 Å². The molecule has 4 atom stereocenters. The number of benzene rings is 2. The Morgan fingerprint density at radius 1 is 1.08 bits per heavy atom. The van der Waals surface area contributed by atoms with E-state index in [0.29, 0.717) is 6.61 Å². The molecule has 1 unspecified atom stereocenters. The monoisotopic (exact) mass is 395 g/mol. The molecule has 0 heterocycles. The third kappa shape index (κ3) is 5.79. The predicted octanol–water partition coefficient (Wildman–Crippen LogP) is 4.28. The summed E-state index contributed by atoms with van der Waals surface area (Å²) in [5.74, 6) is 0.135. The number of hydrogen-bond acceptors (Lipinski definition) is 5. The third-order valence-electron chi connectivity index (χ3n) is 3.91. The van der Waals surface area contributed by atoms with Crippen LogP contribution in [0.25, 0.3) is 0 Å². The average Bonchev–Trinajstić information content (AvgIpc) is 2.61. The SMILES string of the molecule is CCOc1ccc([C@@H](Nc2ccccc2)P(O)(=S)O[C@@H](C)[C@@H](C)O)cc1. The Balaban J connectivity index is 2.33. The molecular formula is C19H26NO4PS. The van der Waals surface area contributed by atoms with Gasteiger partial charge in [-0.15, -0.1) is 0 Å². The van der Waals surface area contributed by atoms with Crippen LogP contribution in [0.4, 0.5) is 5.69 Å². The molecule has 2 aromatic carbocycles. The summed E-state index contributed by atoms with van der Waals surface area (Å²) in [6.07, 6.45) is -1.31. The second-order valence-corrected chi connectivity index (χ2v) is 9.46. The first-order chi connectivity index (χ1) is 12.3. The highest BCUT2D eigenvalue weighted by atomic mass is 32.5. The van der Waals surface area contributed by atoms with Crippen molar-refractivity contribution >= 4 is 24.0 Å². The summed E-state index contributed by atoms with van der Waals surface area (Å²) in [5, 5.41) is 13.0. The molecule has 0 aliphatic carbocycles. The largest absolute Gasteiger partial charge is 0.494 e. The van der Waals surface area contributed by atoms with Gasteiger partial charge in [0, 0.05) is 5.69 Å². The molecule has 0 saturated carbocycles. The quantitative estimate of drug-likeness (QED) is 0.551. The fourth-order valence-corrected chi connectivity index (χ4v) is 4.91. The van der Waals surface area contributed by atoms with Crippen molar-refractivity contribution < 1.29 is 19.3 Å². The van der Waals surface area contributed by atoms with E-state index >= 15 is 0 Å². The summed E-state index contributed by atoms with van der Waals surface area (Å²) < 4.78 is 11.2. The van der Waals surface area contributed by atoms with Crippen LogP contribution in [0.2, 0.25) is 0 Å². The number of para-hydroxylation sites is 1. The molecule has 2 rings (SSSR count). The molecule has 7 heteroatoms.